The number of rotatable bonds is 0. The van der Waals surface area contributed by atoms with E-state index in [2.05, 4.69) is 4.74 Å². The number of hydrogen-bond acceptors (Lipinski definition) is 4. The molecule has 2 saturated heterocycles. The van der Waals surface area contributed by atoms with Gasteiger partial charge in [0, 0.05) is 6.54 Å². The number of aliphatic hydroxyl groups excluding tert-OH is 1. The second-order valence-corrected chi connectivity index (χ2v) is 4.45. The highest BCUT2D eigenvalue weighted by atomic mass is 19.4. The van der Waals surface area contributed by atoms with Gasteiger partial charge in [-0.2, -0.15) is 26.3 Å². The first-order chi connectivity index (χ1) is 8.50. The third-order valence-corrected chi connectivity index (χ3v) is 3.27. The van der Waals surface area contributed by atoms with Gasteiger partial charge in [0.15, 0.2) is 0 Å². The maximum atomic E-state index is 12.9. The van der Waals surface area contributed by atoms with Crippen LogP contribution in [0.25, 0.3) is 0 Å². The second-order valence-electron chi connectivity index (χ2n) is 4.45. The zero-order valence-corrected chi connectivity index (χ0v) is 9.25. The number of alkyl halides is 6. The summed E-state index contributed by atoms with van der Waals surface area (Å²) < 4.78 is 80.8. The Labute approximate surface area is 102 Å². The summed E-state index contributed by atoms with van der Waals surface area (Å²) in [6, 6.07) is -1.73. The highest BCUT2D eigenvalue weighted by molar-refractivity contribution is 5.79. The number of piperidine rings is 1. The van der Waals surface area contributed by atoms with Crippen LogP contribution < -0.4 is 0 Å². The van der Waals surface area contributed by atoms with Gasteiger partial charge in [-0.1, -0.05) is 0 Å². The molecule has 2 fully saturated rings. The number of aliphatic hydroxyl groups is 1. The van der Waals surface area contributed by atoms with E-state index >= 15 is 0 Å². The second kappa shape index (κ2) is 3.98. The predicted octanol–water partition coefficient (Wildman–Crippen LogP) is 1.19. The molecule has 0 aromatic rings. The summed E-state index contributed by atoms with van der Waals surface area (Å²) in [6.45, 7) is -0.726. The molecule has 0 spiro atoms. The van der Waals surface area contributed by atoms with E-state index in [-0.39, 0.29) is 11.3 Å². The van der Waals surface area contributed by atoms with Gasteiger partial charge in [-0.3, -0.25) is 4.79 Å². The smallest absolute Gasteiger partial charge is 0.423 e. The number of halogens is 6. The van der Waals surface area contributed by atoms with Gasteiger partial charge < -0.3 is 9.84 Å². The molecule has 19 heavy (non-hydrogen) atoms. The van der Waals surface area contributed by atoms with Crippen LogP contribution in [-0.4, -0.2) is 52.7 Å². The van der Waals surface area contributed by atoms with Crippen molar-refractivity contribution < 1.29 is 41.0 Å². The van der Waals surface area contributed by atoms with Crippen molar-refractivity contribution in [1.29, 1.82) is 0 Å². The SMILES string of the molecule is O=C1OC(C(F)(F)F)(C(F)(F)F)N2CC[C@H](O)C[C@H]12. The third-order valence-electron chi connectivity index (χ3n) is 3.27. The molecule has 0 saturated carbocycles. The average molecular weight is 293 g/mol. The molecule has 2 atom stereocenters. The number of esters is 1. The molecule has 0 bridgehead atoms. The van der Waals surface area contributed by atoms with E-state index in [1.807, 2.05) is 0 Å². The minimum Gasteiger partial charge on any atom is -0.423 e. The quantitative estimate of drug-likeness (QED) is 0.538. The van der Waals surface area contributed by atoms with Crippen molar-refractivity contribution in [3.63, 3.8) is 0 Å². The molecule has 0 unspecified atom stereocenters. The Kier molecular flexibility index (Phi) is 3.01. The molecule has 2 aliphatic rings. The topological polar surface area (TPSA) is 49.8 Å². The molecule has 10 heteroatoms. The highest BCUT2D eigenvalue weighted by Crippen LogP contribution is 2.53. The Morgan fingerprint density at radius 2 is 1.74 bits per heavy atom. The van der Waals surface area contributed by atoms with Crippen LogP contribution in [0.2, 0.25) is 0 Å². The van der Waals surface area contributed by atoms with Crippen LogP contribution in [0.3, 0.4) is 0 Å². The van der Waals surface area contributed by atoms with E-state index in [1.54, 1.807) is 0 Å². The fraction of sp³-hybridized carbons (Fsp3) is 0.889. The van der Waals surface area contributed by atoms with Crippen LogP contribution in [0.1, 0.15) is 12.8 Å². The van der Waals surface area contributed by atoms with Crippen LogP contribution in [0.5, 0.6) is 0 Å². The first-order valence-electron chi connectivity index (χ1n) is 5.32. The minimum absolute atomic E-state index is 0.0535. The molecule has 1 N–H and O–H groups in total. The lowest BCUT2D eigenvalue weighted by atomic mass is 9.97. The van der Waals surface area contributed by atoms with Crippen molar-refractivity contribution in [2.45, 2.75) is 43.1 Å². The summed E-state index contributed by atoms with van der Waals surface area (Å²) >= 11 is 0. The van der Waals surface area contributed by atoms with Crippen LogP contribution in [-0.2, 0) is 9.53 Å². The lowest BCUT2D eigenvalue weighted by molar-refractivity contribution is -0.403. The molecule has 0 aliphatic carbocycles. The molecule has 2 rings (SSSR count). The van der Waals surface area contributed by atoms with Crippen molar-refractivity contribution in [3.8, 4) is 0 Å². The fourth-order valence-corrected chi connectivity index (χ4v) is 2.42. The van der Waals surface area contributed by atoms with E-state index < -0.39 is 49.2 Å². The maximum absolute atomic E-state index is 12.9. The Morgan fingerprint density at radius 1 is 1.21 bits per heavy atom. The normalized spacial score (nSPS) is 32.1. The van der Waals surface area contributed by atoms with Gasteiger partial charge in [-0.05, 0) is 12.8 Å². The number of hydrogen-bond donors (Lipinski definition) is 1. The van der Waals surface area contributed by atoms with Crippen LogP contribution >= 0.6 is 0 Å². The summed E-state index contributed by atoms with van der Waals surface area (Å²) in [5.74, 6) is -1.62. The summed E-state index contributed by atoms with van der Waals surface area (Å²) in [4.78, 5) is 11.2. The van der Waals surface area contributed by atoms with Crippen LogP contribution in [0.4, 0.5) is 26.3 Å². The lowest BCUT2D eigenvalue weighted by Gasteiger charge is -2.41. The molecule has 110 valence electrons. The van der Waals surface area contributed by atoms with Gasteiger partial charge in [0.05, 0.1) is 6.10 Å². The molecular weight excluding hydrogens is 284 g/mol. The van der Waals surface area contributed by atoms with Crippen molar-refractivity contribution in [1.82, 2.24) is 4.90 Å². The molecule has 2 heterocycles. The number of carbonyl (C=O) groups is 1. The van der Waals surface area contributed by atoms with Gasteiger partial charge >= 0.3 is 24.0 Å². The summed E-state index contributed by atoms with van der Waals surface area (Å²) in [5.41, 5.74) is -4.61. The molecular formula is C9H9F6NO3. The molecule has 2 aliphatic heterocycles. The van der Waals surface area contributed by atoms with Crippen LogP contribution in [0.15, 0.2) is 0 Å². The fourth-order valence-electron chi connectivity index (χ4n) is 2.42. The molecule has 0 aromatic heterocycles. The van der Waals surface area contributed by atoms with Gasteiger partial charge in [-0.15, -0.1) is 0 Å². The molecule has 0 aromatic carbocycles. The van der Waals surface area contributed by atoms with Crippen molar-refractivity contribution in [2.75, 3.05) is 6.54 Å². The van der Waals surface area contributed by atoms with Gasteiger partial charge in [-0.25, -0.2) is 4.90 Å². The van der Waals surface area contributed by atoms with Gasteiger partial charge in [0.1, 0.15) is 6.04 Å². The van der Waals surface area contributed by atoms with E-state index in [1.165, 1.54) is 0 Å². The first-order valence-corrected chi connectivity index (χ1v) is 5.32. The lowest BCUT2D eigenvalue weighted by Crippen LogP contribution is -2.67. The van der Waals surface area contributed by atoms with Crippen molar-refractivity contribution in [2.24, 2.45) is 0 Å². The van der Waals surface area contributed by atoms with Gasteiger partial charge in [0.2, 0.25) is 0 Å². The van der Waals surface area contributed by atoms with Crippen molar-refractivity contribution >= 4 is 5.97 Å². The van der Waals surface area contributed by atoms with E-state index in [4.69, 9.17) is 0 Å². The first kappa shape index (κ1) is 14.4. The van der Waals surface area contributed by atoms with Gasteiger partial charge in [0.25, 0.3) is 0 Å². The molecule has 4 nitrogen and oxygen atoms in total. The predicted molar refractivity (Wildman–Crippen MR) is 46.7 cm³/mol. The summed E-state index contributed by atoms with van der Waals surface area (Å²) in [7, 11) is 0. The monoisotopic (exact) mass is 293 g/mol. The Balaban J connectivity index is 2.49. The third kappa shape index (κ3) is 1.88. The largest absolute Gasteiger partial charge is 0.453 e. The number of cyclic esters (lactones) is 1. The van der Waals surface area contributed by atoms with Crippen molar-refractivity contribution in [3.05, 3.63) is 0 Å². The van der Waals surface area contributed by atoms with E-state index in [9.17, 15) is 36.2 Å². The number of nitrogens with zero attached hydrogens (tertiary/aromatic N) is 1. The Hall–Kier alpha value is -1.03. The Morgan fingerprint density at radius 3 is 2.21 bits per heavy atom. The van der Waals surface area contributed by atoms with E-state index in [0.717, 1.165) is 0 Å². The number of fused-ring (bicyclic) bond motifs is 1. The van der Waals surface area contributed by atoms with Crippen LogP contribution in [0, 0.1) is 0 Å². The Bertz CT molecular complexity index is 378. The summed E-state index contributed by atoms with van der Waals surface area (Å²) in [5, 5.41) is 9.25. The van der Waals surface area contributed by atoms with E-state index in [0.29, 0.717) is 0 Å². The number of ether oxygens (including phenoxy) is 1. The molecule has 0 radical (unpaired) electrons. The number of carbonyl (C=O) groups excluding carboxylic acids is 1. The summed E-state index contributed by atoms with van der Waals surface area (Å²) in [6.07, 6.45) is -13.5. The zero-order chi connectivity index (χ0) is 14.6. The zero-order valence-electron chi connectivity index (χ0n) is 9.25. The minimum atomic E-state index is -5.81. The average Bonchev–Trinajstić information content (AvgIpc) is 2.51. The molecule has 0 amide bonds. The standard InChI is InChI=1S/C9H9F6NO3/c10-8(11,12)7(9(13,14)15)16-2-1-4(17)3-5(16)6(18)19-7/h4-5,17H,1-3H2/t4-,5+/m0/s1. The highest BCUT2D eigenvalue weighted by Gasteiger charge is 2.82. The maximum Gasteiger partial charge on any atom is 0.453 e.